The first-order valence-corrected chi connectivity index (χ1v) is 6.85. The average molecular weight is 265 g/mol. The highest BCUT2D eigenvalue weighted by Crippen LogP contribution is 2.58. The third-order valence-corrected chi connectivity index (χ3v) is 4.47. The summed E-state index contributed by atoms with van der Waals surface area (Å²) in [5.41, 5.74) is 1.13. The molecular weight excluding hydrogens is 248 g/mol. The lowest BCUT2D eigenvalue weighted by Gasteiger charge is -2.23. The largest absolute Gasteiger partial charge is 0.326 e. The quantitative estimate of drug-likeness (QED) is 0.862. The average Bonchev–Trinajstić information content (AvgIpc) is 3.07. The Morgan fingerprint density at radius 1 is 1.28 bits per heavy atom. The number of carbonyl (C=O) groups excluding carboxylic acids is 1. The van der Waals surface area contributed by atoms with Gasteiger partial charge in [-0.3, -0.25) is 4.79 Å². The first kappa shape index (κ1) is 12.0. The van der Waals surface area contributed by atoms with E-state index in [2.05, 4.69) is 10.6 Å². The predicted molar refractivity (Wildman–Crippen MR) is 72.7 cm³/mol. The fraction of sp³-hybridized carbons (Fsp3) is 0.500. The van der Waals surface area contributed by atoms with Crippen molar-refractivity contribution >= 4 is 23.2 Å². The maximum Gasteiger partial charge on any atom is 0.228 e. The van der Waals surface area contributed by atoms with Gasteiger partial charge in [0.15, 0.2) is 0 Å². The molecule has 1 saturated heterocycles. The molecule has 0 aromatic heterocycles. The first-order valence-electron chi connectivity index (χ1n) is 6.47. The third-order valence-electron chi connectivity index (χ3n) is 4.22. The molecule has 4 heteroatoms. The van der Waals surface area contributed by atoms with Crippen LogP contribution in [0.3, 0.4) is 0 Å². The molecule has 1 heterocycles. The Labute approximate surface area is 112 Å². The zero-order chi connectivity index (χ0) is 12.6. The lowest BCUT2D eigenvalue weighted by atomic mass is 9.92. The molecule has 18 heavy (non-hydrogen) atoms. The number of hydrogen-bond donors (Lipinski definition) is 2. The number of benzene rings is 1. The summed E-state index contributed by atoms with van der Waals surface area (Å²) in [5.74, 6) is 0.370. The topological polar surface area (TPSA) is 41.1 Å². The van der Waals surface area contributed by atoms with Gasteiger partial charge in [-0.2, -0.15) is 0 Å². The lowest BCUT2D eigenvalue weighted by Crippen LogP contribution is -2.31. The molecule has 1 atom stereocenters. The van der Waals surface area contributed by atoms with Crippen LogP contribution >= 0.6 is 11.6 Å². The van der Waals surface area contributed by atoms with E-state index >= 15 is 0 Å². The number of hydrogen-bond acceptors (Lipinski definition) is 2. The number of amides is 1. The molecule has 1 aromatic rings. The van der Waals surface area contributed by atoms with Gasteiger partial charge in [-0.1, -0.05) is 11.6 Å². The highest BCUT2D eigenvalue weighted by molar-refractivity contribution is 6.30. The Morgan fingerprint density at radius 2 is 1.94 bits per heavy atom. The van der Waals surface area contributed by atoms with Crippen LogP contribution in [0.15, 0.2) is 24.3 Å². The third kappa shape index (κ3) is 2.25. The summed E-state index contributed by atoms with van der Waals surface area (Å²) in [6.07, 6.45) is 3.31. The van der Waals surface area contributed by atoms with Gasteiger partial charge < -0.3 is 10.6 Å². The summed E-state index contributed by atoms with van der Waals surface area (Å²) in [4.78, 5) is 12.2. The van der Waals surface area contributed by atoms with E-state index in [9.17, 15) is 4.79 Å². The fourth-order valence-electron chi connectivity index (χ4n) is 2.96. The van der Waals surface area contributed by atoms with Crippen LogP contribution in [0, 0.1) is 11.3 Å². The molecule has 1 aromatic carbocycles. The maximum atomic E-state index is 12.2. The van der Waals surface area contributed by atoms with Crippen molar-refractivity contribution in [3.05, 3.63) is 29.3 Å². The van der Waals surface area contributed by atoms with Crippen LogP contribution in [0.1, 0.15) is 19.3 Å². The maximum absolute atomic E-state index is 12.2. The van der Waals surface area contributed by atoms with Gasteiger partial charge in [-0.25, -0.2) is 0 Å². The Balaban J connectivity index is 1.61. The molecule has 96 valence electrons. The summed E-state index contributed by atoms with van der Waals surface area (Å²) in [7, 11) is 0. The second-order valence-electron chi connectivity index (χ2n) is 5.37. The predicted octanol–water partition coefficient (Wildman–Crippen LogP) is 2.67. The fourth-order valence-corrected chi connectivity index (χ4v) is 3.08. The summed E-state index contributed by atoms with van der Waals surface area (Å²) >= 11 is 5.82. The van der Waals surface area contributed by atoms with Crippen molar-refractivity contribution in [2.45, 2.75) is 19.3 Å². The molecule has 1 saturated carbocycles. The number of rotatable bonds is 2. The van der Waals surface area contributed by atoms with Gasteiger partial charge in [0, 0.05) is 16.6 Å². The summed E-state index contributed by atoms with van der Waals surface area (Å²) in [6.45, 7) is 2.09. The monoisotopic (exact) mass is 264 g/mol. The normalized spacial score (nSPS) is 24.8. The van der Waals surface area contributed by atoms with Crippen LogP contribution in [-0.2, 0) is 4.79 Å². The van der Waals surface area contributed by atoms with E-state index in [4.69, 9.17) is 11.6 Å². The smallest absolute Gasteiger partial charge is 0.228 e. The highest BCUT2D eigenvalue weighted by atomic mass is 35.5. The van der Waals surface area contributed by atoms with E-state index < -0.39 is 0 Å². The summed E-state index contributed by atoms with van der Waals surface area (Å²) in [5, 5.41) is 7.02. The Bertz CT molecular complexity index is 451. The van der Waals surface area contributed by atoms with Crippen molar-refractivity contribution in [3.8, 4) is 0 Å². The molecule has 3 nitrogen and oxygen atoms in total. The molecule has 0 bridgehead atoms. The zero-order valence-electron chi connectivity index (χ0n) is 10.2. The molecule has 1 aliphatic carbocycles. The molecule has 2 N–H and O–H groups in total. The molecule has 2 aliphatic rings. The van der Waals surface area contributed by atoms with E-state index in [1.54, 1.807) is 12.1 Å². The molecule has 3 rings (SSSR count). The molecule has 2 fully saturated rings. The molecule has 1 spiro atoms. The number of halogens is 1. The van der Waals surface area contributed by atoms with E-state index in [-0.39, 0.29) is 11.8 Å². The Morgan fingerprint density at radius 3 is 2.61 bits per heavy atom. The molecule has 1 aliphatic heterocycles. The van der Waals surface area contributed by atoms with Crippen molar-refractivity contribution in [2.75, 3.05) is 18.4 Å². The van der Waals surface area contributed by atoms with Gasteiger partial charge in [-0.15, -0.1) is 0 Å². The Hall–Kier alpha value is -1.06. The van der Waals surface area contributed by atoms with Crippen LogP contribution in [0.4, 0.5) is 5.69 Å². The second kappa shape index (κ2) is 4.56. The minimum atomic E-state index is 0.166. The van der Waals surface area contributed by atoms with Crippen LogP contribution in [-0.4, -0.2) is 19.0 Å². The SMILES string of the molecule is O=C(Nc1ccc(Cl)cc1)C1CC12CCNCC2. The van der Waals surface area contributed by atoms with Gasteiger partial charge in [0.1, 0.15) is 0 Å². The minimum absolute atomic E-state index is 0.166. The highest BCUT2D eigenvalue weighted by Gasteiger charge is 2.57. The first-order chi connectivity index (χ1) is 8.70. The van der Waals surface area contributed by atoms with Gasteiger partial charge in [0.05, 0.1) is 0 Å². The molecule has 0 radical (unpaired) electrons. The van der Waals surface area contributed by atoms with Crippen molar-refractivity contribution in [3.63, 3.8) is 0 Å². The van der Waals surface area contributed by atoms with Crippen molar-refractivity contribution in [2.24, 2.45) is 11.3 Å². The van der Waals surface area contributed by atoms with Crippen molar-refractivity contribution in [1.29, 1.82) is 0 Å². The molecule has 1 amide bonds. The number of nitrogens with one attached hydrogen (secondary N) is 2. The van der Waals surface area contributed by atoms with Gasteiger partial charge in [0.2, 0.25) is 5.91 Å². The van der Waals surface area contributed by atoms with Gasteiger partial charge in [0.25, 0.3) is 0 Å². The van der Waals surface area contributed by atoms with Crippen LogP contribution < -0.4 is 10.6 Å². The van der Waals surface area contributed by atoms with E-state index in [1.807, 2.05) is 12.1 Å². The van der Waals surface area contributed by atoms with E-state index in [1.165, 1.54) is 0 Å². The zero-order valence-corrected chi connectivity index (χ0v) is 11.0. The van der Waals surface area contributed by atoms with Crippen molar-refractivity contribution in [1.82, 2.24) is 5.32 Å². The number of carbonyl (C=O) groups is 1. The minimum Gasteiger partial charge on any atom is -0.326 e. The second-order valence-corrected chi connectivity index (χ2v) is 5.80. The van der Waals surface area contributed by atoms with Gasteiger partial charge >= 0.3 is 0 Å². The van der Waals surface area contributed by atoms with Crippen molar-refractivity contribution < 1.29 is 4.79 Å². The number of anilines is 1. The lowest BCUT2D eigenvalue weighted by molar-refractivity contribution is -0.118. The van der Waals surface area contributed by atoms with Crippen LogP contribution in [0.2, 0.25) is 5.02 Å². The molecule has 1 unspecified atom stereocenters. The standard InChI is InChI=1S/C14H17ClN2O/c15-10-1-3-11(4-2-10)17-13(18)12-9-14(12)5-7-16-8-6-14/h1-4,12,16H,5-9H2,(H,17,18). The Kier molecular flexibility index (Phi) is 3.04. The summed E-state index contributed by atoms with van der Waals surface area (Å²) in [6, 6.07) is 7.28. The van der Waals surface area contributed by atoms with Crippen LogP contribution in [0.5, 0.6) is 0 Å². The molecular formula is C14H17ClN2O. The summed E-state index contributed by atoms with van der Waals surface area (Å²) < 4.78 is 0. The van der Waals surface area contributed by atoms with E-state index in [0.29, 0.717) is 10.4 Å². The van der Waals surface area contributed by atoms with E-state index in [0.717, 1.165) is 38.0 Å². The van der Waals surface area contributed by atoms with Crippen LogP contribution in [0.25, 0.3) is 0 Å². The van der Waals surface area contributed by atoms with Gasteiger partial charge in [-0.05, 0) is 62.0 Å². The number of piperidine rings is 1.